The second-order valence-electron chi connectivity index (χ2n) is 6.47. The predicted molar refractivity (Wildman–Crippen MR) is 122 cm³/mol. The van der Waals surface area contributed by atoms with Crippen molar-refractivity contribution in [1.82, 2.24) is 0 Å². The third kappa shape index (κ3) is 5.81. The smallest absolute Gasteiger partial charge is 0.335 e. The van der Waals surface area contributed by atoms with Crippen molar-refractivity contribution in [2.75, 3.05) is 12.4 Å². The molecule has 0 aliphatic rings. The first-order valence-corrected chi connectivity index (χ1v) is 10.5. The first kappa shape index (κ1) is 23.2. The molecule has 5 nitrogen and oxygen atoms in total. The van der Waals surface area contributed by atoms with Crippen molar-refractivity contribution in [3.63, 3.8) is 0 Å². The van der Waals surface area contributed by atoms with Crippen LogP contribution in [0.1, 0.15) is 21.5 Å². The zero-order valence-electron chi connectivity index (χ0n) is 16.2. The number of carbonyl (C=O) groups is 1. The second kappa shape index (κ2) is 10.2. The molecule has 9 heteroatoms. The Morgan fingerprint density at radius 2 is 1.84 bits per heavy atom. The zero-order chi connectivity index (χ0) is 22.5. The maximum Gasteiger partial charge on any atom is 0.335 e. The number of ether oxygens (including phenoxy) is 2. The Hall–Kier alpha value is -2.48. The van der Waals surface area contributed by atoms with E-state index in [1.165, 1.54) is 37.4 Å². The van der Waals surface area contributed by atoms with Gasteiger partial charge in [-0.25, -0.2) is 9.18 Å². The van der Waals surface area contributed by atoms with E-state index in [9.17, 15) is 9.18 Å². The Morgan fingerprint density at radius 1 is 1.06 bits per heavy atom. The van der Waals surface area contributed by atoms with Gasteiger partial charge < -0.3 is 19.9 Å². The molecule has 0 saturated carbocycles. The molecule has 162 valence electrons. The first-order chi connectivity index (χ1) is 14.8. The average Bonchev–Trinajstić information content (AvgIpc) is 2.73. The lowest BCUT2D eigenvalue weighted by atomic mass is 10.1. The quantitative estimate of drug-likeness (QED) is 0.337. The highest BCUT2D eigenvalue weighted by atomic mass is 79.9. The van der Waals surface area contributed by atoms with Gasteiger partial charge in [-0.2, -0.15) is 0 Å². The number of nitrogens with one attached hydrogen (secondary N) is 1. The first-order valence-electron chi connectivity index (χ1n) is 8.98. The van der Waals surface area contributed by atoms with Gasteiger partial charge in [-0.05, 0) is 48.0 Å². The van der Waals surface area contributed by atoms with Crippen molar-refractivity contribution in [2.45, 2.75) is 13.2 Å². The van der Waals surface area contributed by atoms with E-state index in [4.69, 9.17) is 37.8 Å². The van der Waals surface area contributed by atoms with Crippen LogP contribution in [0, 0.1) is 5.82 Å². The normalized spacial score (nSPS) is 10.6. The minimum atomic E-state index is -1.04. The number of carboxylic acid groups (broad SMARTS) is 1. The monoisotopic (exact) mass is 527 g/mol. The van der Waals surface area contributed by atoms with E-state index in [-0.39, 0.29) is 17.2 Å². The Balaban J connectivity index is 1.76. The summed E-state index contributed by atoms with van der Waals surface area (Å²) in [6.45, 7) is 0.487. The predicted octanol–water partition coefficient (Wildman–Crippen LogP) is 6.79. The molecule has 0 aliphatic carbocycles. The molecule has 0 saturated heterocycles. The van der Waals surface area contributed by atoms with Crippen LogP contribution in [0.15, 0.2) is 53.0 Å². The van der Waals surface area contributed by atoms with Crippen molar-refractivity contribution in [3.05, 3.63) is 85.6 Å². The van der Waals surface area contributed by atoms with Crippen molar-refractivity contribution in [1.29, 1.82) is 0 Å². The number of carboxylic acids is 1. The summed E-state index contributed by atoms with van der Waals surface area (Å²) >= 11 is 15.7. The van der Waals surface area contributed by atoms with Crippen molar-refractivity contribution >= 4 is 50.8 Å². The fourth-order valence-electron chi connectivity index (χ4n) is 2.76. The lowest BCUT2D eigenvalue weighted by molar-refractivity contribution is 0.0697. The van der Waals surface area contributed by atoms with Gasteiger partial charge in [0, 0.05) is 16.6 Å². The van der Waals surface area contributed by atoms with Crippen LogP contribution in [0.3, 0.4) is 0 Å². The summed E-state index contributed by atoms with van der Waals surface area (Å²) in [7, 11) is 1.52. The number of methoxy groups -OCH3 is 1. The maximum absolute atomic E-state index is 13.2. The third-order valence-corrected chi connectivity index (χ3v) is 5.83. The van der Waals surface area contributed by atoms with Crippen molar-refractivity contribution in [3.8, 4) is 11.5 Å². The van der Waals surface area contributed by atoms with Gasteiger partial charge in [-0.1, -0.05) is 45.2 Å². The molecule has 0 aliphatic heterocycles. The average molecular weight is 529 g/mol. The molecule has 0 amide bonds. The van der Waals surface area contributed by atoms with Crippen LogP contribution in [0.25, 0.3) is 0 Å². The Bertz CT molecular complexity index is 1130. The zero-order valence-corrected chi connectivity index (χ0v) is 19.3. The number of rotatable bonds is 8. The van der Waals surface area contributed by atoms with E-state index >= 15 is 0 Å². The number of aromatic carboxylic acids is 1. The van der Waals surface area contributed by atoms with Gasteiger partial charge >= 0.3 is 5.97 Å². The number of hydrogen-bond donors (Lipinski definition) is 2. The lowest BCUT2D eigenvalue weighted by Crippen LogP contribution is -2.05. The van der Waals surface area contributed by atoms with Crippen LogP contribution >= 0.6 is 39.1 Å². The summed E-state index contributed by atoms with van der Waals surface area (Å²) in [5, 5.41) is 13.0. The van der Waals surface area contributed by atoms with E-state index < -0.39 is 11.8 Å². The summed E-state index contributed by atoms with van der Waals surface area (Å²) < 4.78 is 25.2. The molecule has 2 N–H and O–H groups in total. The van der Waals surface area contributed by atoms with E-state index in [0.717, 1.165) is 10.0 Å². The van der Waals surface area contributed by atoms with Crippen LogP contribution in [0.2, 0.25) is 10.0 Å². The Labute approximate surface area is 196 Å². The highest BCUT2D eigenvalue weighted by Gasteiger charge is 2.13. The fraction of sp³-hybridized carbons (Fsp3) is 0.136. The topological polar surface area (TPSA) is 67.8 Å². The third-order valence-electron chi connectivity index (χ3n) is 4.41. The van der Waals surface area contributed by atoms with E-state index in [1.807, 2.05) is 0 Å². The SMILES string of the molecule is COc1cc(CNc2cc(C(=O)O)ccc2Cl)c(Br)cc1OCc1ccc(F)cc1Cl. The standard InChI is InChI=1S/C22H17BrCl2FNO4/c1-30-20-7-14(10-27-19-6-12(22(28)29)3-5-17(19)24)16(23)9-21(20)31-11-13-2-4-15(26)8-18(13)25/h2-9,27H,10-11H2,1H3,(H,28,29). The minimum absolute atomic E-state index is 0.131. The number of halogens is 4. The van der Waals surface area contributed by atoms with Gasteiger partial charge in [-0.3, -0.25) is 0 Å². The van der Waals surface area contributed by atoms with Gasteiger partial charge in [0.2, 0.25) is 0 Å². The molecule has 0 heterocycles. The van der Waals surface area contributed by atoms with Gasteiger partial charge in [0.15, 0.2) is 11.5 Å². The molecule has 31 heavy (non-hydrogen) atoms. The molecule has 3 aromatic carbocycles. The largest absolute Gasteiger partial charge is 0.493 e. The Kier molecular flexibility index (Phi) is 7.64. The molecule has 3 aromatic rings. The van der Waals surface area contributed by atoms with Crippen LogP contribution < -0.4 is 14.8 Å². The molecule has 0 unspecified atom stereocenters. The molecular weight excluding hydrogens is 512 g/mol. The number of benzene rings is 3. The van der Waals surface area contributed by atoms with Gasteiger partial charge in [0.1, 0.15) is 12.4 Å². The lowest BCUT2D eigenvalue weighted by Gasteiger charge is -2.16. The van der Waals surface area contributed by atoms with Crippen LogP contribution in [0.4, 0.5) is 10.1 Å². The highest BCUT2D eigenvalue weighted by Crippen LogP contribution is 2.35. The molecule has 0 bridgehead atoms. The molecular formula is C22H17BrCl2FNO4. The molecule has 0 fully saturated rings. The molecule has 0 aromatic heterocycles. The number of anilines is 1. The summed E-state index contributed by atoms with van der Waals surface area (Å²) in [6.07, 6.45) is 0. The Morgan fingerprint density at radius 3 is 2.52 bits per heavy atom. The molecule has 0 radical (unpaired) electrons. The fourth-order valence-corrected chi connectivity index (χ4v) is 3.63. The minimum Gasteiger partial charge on any atom is -0.493 e. The summed E-state index contributed by atoms with van der Waals surface area (Å²) in [4.78, 5) is 11.2. The second-order valence-corrected chi connectivity index (χ2v) is 8.14. The van der Waals surface area contributed by atoms with Crippen molar-refractivity contribution < 1.29 is 23.8 Å². The van der Waals surface area contributed by atoms with E-state index in [2.05, 4.69) is 21.2 Å². The van der Waals surface area contributed by atoms with Gasteiger partial charge in [0.25, 0.3) is 0 Å². The van der Waals surface area contributed by atoms with Crippen molar-refractivity contribution in [2.24, 2.45) is 0 Å². The van der Waals surface area contributed by atoms with E-state index in [0.29, 0.717) is 34.3 Å². The molecule has 0 atom stereocenters. The van der Waals surface area contributed by atoms with Gasteiger partial charge in [0.05, 0.1) is 28.4 Å². The molecule has 3 rings (SSSR count). The van der Waals surface area contributed by atoms with E-state index in [1.54, 1.807) is 18.2 Å². The molecule has 0 spiro atoms. The number of hydrogen-bond acceptors (Lipinski definition) is 4. The van der Waals surface area contributed by atoms with Crippen LogP contribution in [-0.4, -0.2) is 18.2 Å². The summed E-state index contributed by atoms with van der Waals surface area (Å²) in [6, 6.07) is 12.1. The van der Waals surface area contributed by atoms with Crippen LogP contribution in [0.5, 0.6) is 11.5 Å². The van der Waals surface area contributed by atoms with Crippen LogP contribution in [-0.2, 0) is 13.2 Å². The van der Waals surface area contributed by atoms with Gasteiger partial charge in [-0.15, -0.1) is 0 Å². The summed E-state index contributed by atoms with van der Waals surface area (Å²) in [5.74, 6) is -0.488. The highest BCUT2D eigenvalue weighted by molar-refractivity contribution is 9.10. The summed E-state index contributed by atoms with van der Waals surface area (Å²) in [5.41, 5.74) is 2.10. The maximum atomic E-state index is 13.2.